The summed E-state index contributed by atoms with van der Waals surface area (Å²) in [5.74, 6) is 0.702. The standard InChI is InChI=1S/C17H38O2Si/c1-6-11-12-13-14-15-18-20(9-4,10-5)19-16-17(7-2)8-3/h17H,6-16H2,1-5H3. The van der Waals surface area contributed by atoms with Gasteiger partial charge in [0.15, 0.2) is 0 Å². The highest BCUT2D eigenvalue weighted by atomic mass is 28.4. The number of hydrogen-bond acceptors (Lipinski definition) is 2. The highest BCUT2D eigenvalue weighted by Crippen LogP contribution is 2.22. The largest absolute Gasteiger partial charge is 0.394 e. The minimum atomic E-state index is -1.91. The Morgan fingerprint density at radius 1 is 0.750 bits per heavy atom. The van der Waals surface area contributed by atoms with Gasteiger partial charge in [0, 0.05) is 13.2 Å². The van der Waals surface area contributed by atoms with Crippen LogP contribution in [0.25, 0.3) is 0 Å². The molecular formula is C17H38O2Si. The van der Waals surface area contributed by atoms with Crippen molar-refractivity contribution in [3.8, 4) is 0 Å². The van der Waals surface area contributed by atoms with Gasteiger partial charge in [0.2, 0.25) is 0 Å². The van der Waals surface area contributed by atoms with Crippen LogP contribution in [0.4, 0.5) is 0 Å². The Balaban J connectivity index is 4.04. The fourth-order valence-electron chi connectivity index (χ4n) is 2.46. The van der Waals surface area contributed by atoms with Gasteiger partial charge in [0.05, 0.1) is 0 Å². The normalized spacial score (nSPS) is 12.3. The van der Waals surface area contributed by atoms with Gasteiger partial charge in [-0.3, -0.25) is 0 Å². The van der Waals surface area contributed by atoms with E-state index in [1.165, 1.54) is 44.9 Å². The zero-order valence-electron chi connectivity index (χ0n) is 14.7. The molecule has 0 aromatic carbocycles. The molecule has 2 nitrogen and oxygen atoms in total. The van der Waals surface area contributed by atoms with Crippen molar-refractivity contribution in [3.05, 3.63) is 0 Å². The third-order valence-corrected chi connectivity index (χ3v) is 8.00. The topological polar surface area (TPSA) is 18.5 Å². The molecule has 0 N–H and O–H groups in total. The average Bonchev–Trinajstić information content (AvgIpc) is 2.49. The fourth-order valence-corrected chi connectivity index (χ4v) is 4.91. The smallest absolute Gasteiger partial charge is 0.337 e. The van der Waals surface area contributed by atoms with Gasteiger partial charge < -0.3 is 8.85 Å². The van der Waals surface area contributed by atoms with Crippen LogP contribution in [0.1, 0.15) is 79.6 Å². The maximum absolute atomic E-state index is 6.32. The summed E-state index contributed by atoms with van der Waals surface area (Å²) in [7, 11) is -1.91. The Bertz CT molecular complexity index is 201. The Labute approximate surface area is 128 Å². The molecule has 122 valence electrons. The average molecular weight is 303 g/mol. The lowest BCUT2D eigenvalue weighted by molar-refractivity contribution is 0.140. The van der Waals surface area contributed by atoms with Crippen molar-refractivity contribution in [1.82, 2.24) is 0 Å². The van der Waals surface area contributed by atoms with Gasteiger partial charge in [0.1, 0.15) is 0 Å². The summed E-state index contributed by atoms with van der Waals surface area (Å²) in [4.78, 5) is 0. The van der Waals surface area contributed by atoms with E-state index in [1.807, 2.05) is 0 Å². The van der Waals surface area contributed by atoms with E-state index in [9.17, 15) is 0 Å². The quantitative estimate of drug-likeness (QED) is 0.293. The van der Waals surface area contributed by atoms with Gasteiger partial charge in [-0.25, -0.2) is 0 Å². The first-order valence-corrected chi connectivity index (χ1v) is 11.2. The molecule has 0 saturated heterocycles. The van der Waals surface area contributed by atoms with E-state index in [-0.39, 0.29) is 0 Å². The summed E-state index contributed by atoms with van der Waals surface area (Å²) in [5.41, 5.74) is 0. The van der Waals surface area contributed by atoms with Gasteiger partial charge in [-0.2, -0.15) is 0 Å². The van der Waals surface area contributed by atoms with E-state index in [4.69, 9.17) is 8.85 Å². The number of unbranched alkanes of at least 4 members (excludes halogenated alkanes) is 4. The van der Waals surface area contributed by atoms with Gasteiger partial charge in [0.25, 0.3) is 0 Å². The fraction of sp³-hybridized carbons (Fsp3) is 1.00. The molecule has 20 heavy (non-hydrogen) atoms. The zero-order chi connectivity index (χ0) is 15.3. The second-order valence-electron chi connectivity index (χ2n) is 5.87. The molecular weight excluding hydrogens is 264 g/mol. The molecule has 0 spiro atoms. The number of rotatable bonds is 14. The van der Waals surface area contributed by atoms with E-state index < -0.39 is 8.56 Å². The Morgan fingerprint density at radius 2 is 1.35 bits per heavy atom. The molecule has 0 radical (unpaired) electrons. The summed E-state index contributed by atoms with van der Waals surface area (Å²) in [6.07, 6.45) is 8.94. The first kappa shape index (κ1) is 20.1. The van der Waals surface area contributed by atoms with Crippen LogP contribution in [-0.4, -0.2) is 21.8 Å². The van der Waals surface area contributed by atoms with Crippen LogP contribution in [0.15, 0.2) is 0 Å². The van der Waals surface area contributed by atoms with Crippen molar-refractivity contribution in [3.63, 3.8) is 0 Å². The second kappa shape index (κ2) is 12.8. The first-order valence-electron chi connectivity index (χ1n) is 8.95. The number of hydrogen-bond donors (Lipinski definition) is 0. The maximum atomic E-state index is 6.32. The Hall–Kier alpha value is 0.137. The summed E-state index contributed by atoms with van der Waals surface area (Å²) in [5, 5.41) is 0. The van der Waals surface area contributed by atoms with Gasteiger partial charge in [-0.1, -0.05) is 73.1 Å². The minimum Gasteiger partial charge on any atom is -0.394 e. The molecule has 0 heterocycles. The molecule has 0 aromatic rings. The van der Waals surface area contributed by atoms with Crippen LogP contribution >= 0.6 is 0 Å². The minimum absolute atomic E-state index is 0.702. The molecule has 0 aromatic heterocycles. The SMILES string of the molecule is CCCCCCCO[Si](CC)(CC)OCC(CC)CC. The van der Waals surface area contributed by atoms with Crippen molar-refractivity contribution in [2.45, 2.75) is 91.7 Å². The van der Waals surface area contributed by atoms with Crippen molar-refractivity contribution >= 4 is 8.56 Å². The Kier molecular flexibility index (Phi) is 12.9. The first-order chi connectivity index (χ1) is 9.67. The van der Waals surface area contributed by atoms with Crippen LogP contribution in [0.5, 0.6) is 0 Å². The van der Waals surface area contributed by atoms with E-state index in [2.05, 4.69) is 34.6 Å². The van der Waals surface area contributed by atoms with Crippen molar-refractivity contribution in [2.24, 2.45) is 5.92 Å². The molecule has 0 aliphatic heterocycles. The molecule has 0 amide bonds. The molecule has 3 heteroatoms. The lowest BCUT2D eigenvalue weighted by Crippen LogP contribution is -2.42. The zero-order valence-corrected chi connectivity index (χ0v) is 15.7. The Morgan fingerprint density at radius 3 is 1.85 bits per heavy atom. The van der Waals surface area contributed by atoms with Gasteiger partial charge >= 0.3 is 8.56 Å². The molecule has 0 aliphatic rings. The predicted molar refractivity (Wildman–Crippen MR) is 91.5 cm³/mol. The summed E-state index contributed by atoms with van der Waals surface area (Å²) in [6, 6.07) is 2.16. The molecule has 0 fully saturated rings. The highest BCUT2D eigenvalue weighted by molar-refractivity contribution is 6.67. The molecule has 0 rings (SSSR count). The third-order valence-electron chi connectivity index (χ3n) is 4.43. The second-order valence-corrected chi connectivity index (χ2v) is 9.69. The maximum Gasteiger partial charge on any atom is 0.337 e. The van der Waals surface area contributed by atoms with E-state index in [0.29, 0.717) is 5.92 Å². The third kappa shape index (κ3) is 8.43. The van der Waals surface area contributed by atoms with E-state index in [1.54, 1.807) is 0 Å². The molecule has 0 bridgehead atoms. The molecule has 0 saturated carbocycles. The molecule has 0 aliphatic carbocycles. The predicted octanol–water partition coefficient (Wildman–Crippen LogP) is 5.91. The van der Waals surface area contributed by atoms with Crippen LogP contribution in [0.3, 0.4) is 0 Å². The van der Waals surface area contributed by atoms with Crippen LogP contribution in [0.2, 0.25) is 12.1 Å². The van der Waals surface area contributed by atoms with Crippen molar-refractivity contribution in [1.29, 1.82) is 0 Å². The lowest BCUT2D eigenvalue weighted by atomic mass is 10.1. The van der Waals surface area contributed by atoms with Crippen LogP contribution in [-0.2, 0) is 8.85 Å². The van der Waals surface area contributed by atoms with Gasteiger partial charge in [-0.05, 0) is 24.4 Å². The summed E-state index contributed by atoms with van der Waals surface area (Å²) in [6.45, 7) is 13.0. The van der Waals surface area contributed by atoms with Crippen LogP contribution < -0.4 is 0 Å². The summed E-state index contributed by atoms with van der Waals surface area (Å²) >= 11 is 0. The summed E-state index contributed by atoms with van der Waals surface area (Å²) < 4.78 is 12.6. The van der Waals surface area contributed by atoms with Crippen molar-refractivity contribution < 1.29 is 8.85 Å². The monoisotopic (exact) mass is 302 g/mol. The highest BCUT2D eigenvalue weighted by Gasteiger charge is 2.33. The molecule has 0 unspecified atom stereocenters. The van der Waals surface area contributed by atoms with E-state index >= 15 is 0 Å². The van der Waals surface area contributed by atoms with Gasteiger partial charge in [-0.15, -0.1) is 0 Å². The lowest BCUT2D eigenvalue weighted by Gasteiger charge is -2.30. The molecule has 0 atom stereocenters. The van der Waals surface area contributed by atoms with E-state index in [0.717, 1.165) is 25.3 Å². The van der Waals surface area contributed by atoms with Crippen molar-refractivity contribution in [2.75, 3.05) is 13.2 Å². The van der Waals surface area contributed by atoms with Crippen LogP contribution in [0, 0.1) is 5.92 Å².